The van der Waals surface area contributed by atoms with Gasteiger partial charge in [0.2, 0.25) is 5.91 Å². The molecule has 0 bridgehead atoms. The quantitative estimate of drug-likeness (QED) is 0.680. The van der Waals surface area contributed by atoms with E-state index in [-0.39, 0.29) is 23.6 Å². The van der Waals surface area contributed by atoms with Crippen LogP contribution in [0.25, 0.3) is 0 Å². The van der Waals surface area contributed by atoms with E-state index in [1.807, 2.05) is 0 Å². The van der Waals surface area contributed by atoms with Gasteiger partial charge in [-0.3, -0.25) is 4.79 Å². The summed E-state index contributed by atoms with van der Waals surface area (Å²) in [6, 6.07) is 4.76. The molecule has 0 aliphatic rings. The van der Waals surface area contributed by atoms with Crippen LogP contribution in [0.3, 0.4) is 0 Å². The number of carbonyl (C=O) groups is 1. The number of aryl methyl sites for hydroxylation is 1. The molecule has 4 N–H and O–H groups in total. The summed E-state index contributed by atoms with van der Waals surface area (Å²) >= 11 is 0. The van der Waals surface area contributed by atoms with Crippen molar-refractivity contribution in [1.29, 1.82) is 0 Å². The minimum atomic E-state index is -0.242. The maximum Gasteiger partial charge on any atom is 0.228 e. The predicted octanol–water partition coefficient (Wildman–Crippen LogP) is 1.62. The second-order valence-electron chi connectivity index (χ2n) is 4.14. The zero-order valence-electron chi connectivity index (χ0n) is 9.82. The zero-order chi connectivity index (χ0) is 12.3. The van der Waals surface area contributed by atoms with Crippen molar-refractivity contribution in [2.75, 3.05) is 5.32 Å². The van der Waals surface area contributed by atoms with Crippen molar-refractivity contribution in [3.05, 3.63) is 23.8 Å². The molecule has 1 aromatic rings. The summed E-state index contributed by atoms with van der Waals surface area (Å²) in [6.45, 7) is 5.36. The largest absolute Gasteiger partial charge is 0.508 e. The van der Waals surface area contributed by atoms with Crippen molar-refractivity contribution in [2.45, 2.75) is 26.8 Å². The maximum absolute atomic E-state index is 11.7. The molecule has 16 heavy (non-hydrogen) atoms. The third-order valence-electron chi connectivity index (χ3n) is 2.67. The highest BCUT2D eigenvalue weighted by Crippen LogP contribution is 2.20. The van der Waals surface area contributed by atoms with Crippen molar-refractivity contribution in [1.82, 2.24) is 0 Å². The first-order chi connectivity index (χ1) is 7.41. The second-order valence-corrected chi connectivity index (χ2v) is 4.14. The zero-order valence-corrected chi connectivity index (χ0v) is 9.82. The third kappa shape index (κ3) is 2.97. The summed E-state index contributed by atoms with van der Waals surface area (Å²) < 4.78 is 0. The molecule has 88 valence electrons. The van der Waals surface area contributed by atoms with Crippen LogP contribution in [0.4, 0.5) is 5.69 Å². The molecule has 0 aliphatic heterocycles. The van der Waals surface area contributed by atoms with E-state index in [0.717, 1.165) is 5.56 Å². The van der Waals surface area contributed by atoms with E-state index >= 15 is 0 Å². The number of amides is 1. The van der Waals surface area contributed by atoms with Crippen molar-refractivity contribution < 1.29 is 9.90 Å². The van der Waals surface area contributed by atoms with Gasteiger partial charge in [-0.05, 0) is 37.6 Å². The Morgan fingerprint density at radius 2 is 2.06 bits per heavy atom. The monoisotopic (exact) mass is 222 g/mol. The summed E-state index contributed by atoms with van der Waals surface area (Å²) in [7, 11) is 0. The summed E-state index contributed by atoms with van der Waals surface area (Å²) in [6.07, 6.45) is 0. The first kappa shape index (κ1) is 12.5. The minimum absolute atomic E-state index is 0.111. The lowest BCUT2D eigenvalue weighted by atomic mass is 10.0. The molecule has 0 fully saturated rings. The Morgan fingerprint density at radius 3 is 2.56 bits per heavy atom. The van der Waals surface area contributed by atoms with Crippen LogP contribution in [0.5, 0.6) is 5.75 Å². The number of carbonyl (C=O) groups excluding carboxylic acids is 1. The van der Waals surface area contributed by atoms with Gasteiger partial charge in [-0.25, -0.2) is 0 Å². The van der Waals surface area contributed by atoms with E-state index in [1.165, 1.54) is 0 Å². The van der Waals surface area contributed by atoms with Crippen LogP contribution in [-0.4, -0.2) is 17.1 Å². The summed E-state index contributed by atoms with van der Waals surface area (Å²) in [5, 5.41) is 12.1. The molecule has 2 atom stereocenters. The number of phenols is 1. The predicted molar refractivity (Wildman–Crippen MR) is 64.3 cm³/mol. The number of nitrogens with one attached hydrogen (secondary N) is 1. The Kier molecular flexibility index (Phi) is 3.90. The van der Waals surface area contributed by atoms with Gasteiger partial charge < -0.3 is 16.2 Å². The fraction of sp³-hybridized carbons (Fsp3) is 0.417. The average molecular weight is 222 g/mol. The minimum Gasteiger partial charge on any atom is -0.508 e. The lowest BCUT2D eigenvalue weighted by Crippen LogP contribution is -2.34. The lowest BCUT2D eigenvalue weighted by molar-refractivity contribution is -0.119. The average Bonchev–Trinajstić information content (AvgIpc) is 2.22. The van der Waals surface area contributed by atoms with Crippen molar-refractivity contribution >= 4 is 11.6 Å². The molecular weight excluding hydrogens is 204 g/mol. The van der Waals surface area contributed by atoms with E-state index in [2.05, 4.69) is 5.32 Å². The fourth-order valence-electron chi connectivity index (χ4n) is 1.23. The molecule has 4 heteroatoms. The van der Waals surface area contributed by atoms with E-state index in [1.54, 1.807) is 39.0 Å². The van der Waals surface area contributed by atoms with Crippen molar-refractivity contribution in [3.8, 4) is 5.75 Å². The van der Waals surface area contributed by atoms with Crippen LogP contribution in [0.1, 0.15) is 19.4 Å². The van der Waals surface area contributed by atoms with Gasteiger partial charge in [0.1, 0.15) is 5.75 Å². The number of hydrogen-bond acceptors (Lipinski definition) is 3. The Hall–Kier alpha value is -1.55. The Morgan fingerprint density at radius 1 is 1.44 bits per heavy atom. The van der Waals surface area contributed by atoms with Gasteiger partial charge >= 0.3 is 0 Å². The van der Waals surface area contributed by atoms with Crippen LogP contribution in [0, 0.1) is 12.8 Å². The van der Waals surface area contributed by atoms with E-state index in [0.29, 0.717) is 5.69 Å². The molecule has 0 saturated carbocycles. The van der Waals surface area contributed by atoms with Crippen molar-refractivity contribution in [3.63, 3.8) is 0 Å². The van der Waals surface area contributed by atoms with Crippen LogP contribution < -0.4 is 11.1 Å². The molecule has 0 radical (unpaired) electrons. The Balaban J connectivity index is 2.74. The number of aromatic hydroxyl groups is 1. The molecule has 2 unspecified atom stereocenters. The molecule has 1 aromatic carbocycles. The molecule has 0 spiro atoms. The number of phenolic OH excluding ortho intramolecular Hbond substituents is 1. The van der Waals surface area contributed by atoms with Gasteiger partial charge in [0.25, 0.3) is 0 Å². The van der Waals surface area contributed by atoms with Crippen LogP contribution in [0.15, 0.2) is 18.2 Å². The standard InChI is InChI=1S/C12H18N2O2/c1-7-6-10(4-5-11(7)15)14-12(16)8(2)9(3)13/h4-6,8-9,15H,13H2,1-3H3,(H,14,16). The number of anilines is 1. The van der Waals surface area contributed by atoms with Gasteiger partial charge in [0.05, 0.1) is 5.92 Å². The third-order valence-corrected chi connectivity index (χ3v) is 2.67. The Labute approximate surface area is 95.5 Å². The molecule has 0 aliphatic carbocycles. The topological polar surface area (TPSA) is 75.4 Å². The smallest absolute Gasteiger partial charge is 0.228 e. The highest BCUT2D eigenvalue weighted by Gasteiger charge is 2.17. The Bertz CT molecular complexity index is 389. The lowest BCUT2D eigenvalue weighted by Gasteiger charge is -2.15. The summed E-state index contributed by atoms with van der Waals surface area (Å²) in [5.41, 5.74) is 7.05. The molecule has 1 amide bonds. The fourth-order valence-corrected chi connectivity index (χ4v) is 1.23. The first-order valence-electron chi connectivity index (χ1n) is 5.28. The van der Waals surface area contributed by atoms with Crippen LogP contribution in [0.2, 0.25) is 0 Å². The highest BCUT2D eigenvalue weighted by molar-refractivity contribution is 5.92. The van der Waals surface area contributed by atoms with Gasteiger partial charge in [0, 0.05) is 11.7 Å². The molecule has 0 saturated heterocycles. The van der Waals surface area contributed by atoms with Gasteiger partial charge in [-0.1, -0.05) is 6.92 Å². The summed E-state index contributed by atoms with van der Waals surface area (Å²) in [4.78, 5) is 11.7. The first-order valence-corrected chi connectivity index (χ1v) is 5.28. The second kappa shape index (κ2) is 4.99. The van der Waals surface area contributed by atoms with E-state index < -0.39 is 0 Å². The number of benzene rings is 1. The molecular formula is C12H18N2O2. The maximum atomic E-state index is 11.7. The van der Waals surface area contributed by atoms with Gasteiger partial charge in [0.15, 0.2) is 0 Å². The molecule has 1 rings (SSSR count). The number of hydrogen-bond donors (Lipinski definition) is 3. The SMILES string of the molecule is Cc1cc(NC(=O)C(C)C(C)N)ccc1O. The molecule has 0 heterocycles. The van der Waals surface area contributed by atoms with Crippen LogP contribution in [-0.2, 0) is 4.79 Å². The van der Waals surface area contributed by atoms with Crippen molar-refractivity contribution in [2.24, 2.45) is 11.7 Å². The molecule has 4 nitrogen and oxygen atoms in total. The van der Waals surface area contributed by atoms with Gasteiger partial charge in [-0.15, -0.1) is 0 Å². The number of rotatable bonds is 3. The van der Waals surface area contributed by atoms with E-state index in [4.69, 9.17) is 5.73 Å². The van der Waals surface area contributed by atoms with E-state index in [9.17, 15) is 9.90 Å². The normalized spacial score (nSPS) is 14.2. The highest BCUT2D eigenvalue weighted by atomic mass is 16.3. The molecule has 0 aromatic heterocycles. The summed E-state index contributed by atoms with van der Waals surface area (Å²) in [5.74, 6) is -0.132. The van der Waals surface area contributed by atoms with Crippen LogP contribution >= 0.6 is 0 Å². The number of nitrogens with two attached hydrogens (primary N) is 1. The van der Waals surface area contributed by atoms with Gasteiger partial charge in [-0.2, -0.15) is 0 Å².